The van der Waals surface area contributed by atoms with Gasteiger partial charge in [0.05, 0.1) is 30.7 Å². The van der Waals surface area contributed by atoms with Crippen LogP contribution in [0.2, 0.25) is 5.02 Å². The molecule has 4 rings (SSSR count). The number of halogens is 1. The van der Waals surface area contributed by atoms with Gasteiger partial charge in [-0.1, -0.05) is 29.5 Å². The number of morpholine rings is 1. The summed E-state index contributed by atoms with van der Waals surface area (Å²) in [5.41, 5.74) is 0.445. The van der Waals surface area contributed by atoms with Crippen LogP contribution in [0, 0.1) is 10.1 Å². The zero-order valence-electron chi connectivity index (χ0n) is 18.4. The molecule has 34 heavy (non-hydrogen) atoms. The number of hydrogen-bond acceptors (Lipinski definition) is 6. The number of non-ortho nitro benzene ring substituents is 1. The SMILES string of the molecule is O=C1C(=O)N(CCC[NH+]2CCOCC2)C(c2ccc([N+](=O)[O-])cc2)/C1=C(\[O-])c1ccc(Cl)cc1. The van der Waals surface area contributed by atoms with Crippen LogP contribution in [0.4, 0.5) is 5.69 Å². The number of quaternary nitrogens is 1. The number of ether oxygens (including phenoxy) is 1. The number of likely N-dealkylation sites (tertiary alicyclic amines) is 1. The molecular weight excluding hydrogens is 462 g/mol. The standard InChI is InChI=1S/C24H24ClN3O6/c25-18-6-2-17(3-7-18)22(29)20-21(16-4-8-19(9-5-16)28(32)33)27(24(31)23(20)30)11-1-10-26-12-14-34-15-13-26/h2-9,21,29H,1,10-15H2/b22-20+. The van der Waals surface area contributed by atoms with E-state index in [1.807, 2.05) is 0 Å². The Balaban J connectivity index is 1.68. The van der Waals surface area contributed by atoms with Gasteiger partial charge in [-0.25, -0.2) is 0 Å². The number of carbonyl (C=O) groups excluding carboxylic acids is 2. The van der Waals surface area contributed by atoms with Crippen molar-refractivity contribution in [1.29, 1.82) is 0 Å². The van der Waals surface area contributed by atoms with Crippen molar-refractivity contribution in [1.82, 2.24) is 4.90 Å². The largest absolute Gasteiger partial charge is 0.872 e. The second-order valence-corrected chi connectivity index (χ2v) is 8.73. The Morgan fingerprint density at radius 3 is 2.35 bits per heavy atom. The van der Waals surface area contributed by atoms with Crippen LogP contribution < -0.4 is 10.0 Å². The first-order chi connectivity index (χ1) is 16.4. The van der Waals surface area contributed by atoms with Gasteiger partial charge in [-0.2, -0.15) is 0 Å². The number of hydrogen-bond donors (Lipinski definition) is 1. The number of nitrogens with zero attached hydrogens (tertiary/aromatic N) is 2. The molecule has 1 atom stereocenters. The molecule has 0 spiro atoms. The first-order valence-corrected chi connectivity index (χ1v) is 11.4. The summed E-state index contributed by atoms with van der Waals surface area (Å²) in [6.45, 7) is 4.23. The highest BCUT2D eigenvalue weighted by Crippen LogP contribution is 2.39. The van der Waals surface area contributed by atoms with Gasteiger partial charge in [-0.15, -0.1) is 0 Å². The van der Waals surface area contributed by atoms with Crippen LogP contribution in [0.25, 0.3) is 5.76 Å². The summed E-state index contributed by atoms with van der Waals surface area (Å²) in [7, 11) is 0. The van der Waals surface area contributed by atoms with Crippen molar-refractivity contribution < 1.29 is 29.3 Å². The molecule has 2 saturated heterocycles. The fourth-order valence-corrected chi connectivity index (χ4v) is 4.52. The Bertz CT molecular complexity index is 1110. The molecule has 0 aromatic heterocycles. The van der Waals surface area contributed by atoms with Crippen LogP contribution in [0.15, 0.2) is 54.1 Å². The van der Waals surface area contributed by atoms with Crippen molar-refractivity contribution in [2.45, 2.75) is 12.5 Å². The quantitative estimate of drug-likeness (QED) is 0.203. The topological polar surface area (TPSA) is 117 Å². The van der Waals surface area contributed by atoms with E-state index in [0.717, 1.165) is 19.6 Å². The number of nitro benzene ring substituents is 1. The van der Waals surface area contributed by atoms with E-state index < -0.39 is 28.4 Å². The van der Waals surface area contributed by atoms with Crippen molar-refractivity contribution >= 4 is 34.7 Å². The Hall–Kier alpha value is -3.27. The zero-order chi connectivity index (χ0) is 24.2. The third kappa shape index (κ3) is 4.96. The van der Waals surface area contributed by atoms with Gasteiger partial charge in [-0.3, -0.25) is 19.7 Å². The van der Waals surface area contributed by atoms with Crippen LogP contribution in [-0.2, 0) is 14.3 Å². The summed E-state index contributed by atoms with van der Waals surface area (Å²) < 4.78 is 5.37. The summed E-state index contributed by atoms with van der Waals surface area (Å²) in [6.07, 6.45) is 0.639. The predicted molar refractivity (Wildman–Crippen MR) is 122 cm³/mol. The smallest absolute Gasteiger partial charge is 0.295 e. The Kier molecular flexibility index (Phi) is 7.26. The fraction of sp³-hybridized carbons (Fsp3) is 0.333. The van der Waals surface area contributed by atoms with Crippen LogP contribution in [0.5, 0.6) is 0 Å². The monoisotopic (exact) mass is 485 g/mol. The van der Waals surface area contributed by atoms with E-state index >= 15 is 0 Å². The maximum absolute atomic E-state index is 13.3. The summed E-state index contributed by atoms with van der Waals surface area (Å²) in [6, 6.07) is 10.8. The Morgan fingerprint density at radius 1 is 1.09 bits per heavy atom. The minimum Gasteiger partial charge on any atom is -0.872 e. The van der Waals surface area contributed by atoms with Gasteiger partial charge in [0.1, 0.15) is 13.1 Å². The summed E-state index contributed by atoms with van der Waals surface area (Å²) in [5, 5.41) is 24.9. The lowest BCUT2D eigenvalue weighted by atomic mass is 9.95. The molecule has 2 fully saturated rings. The van der Waals surface area contributed by atoms with Crippen LogP contribution >= 0.6 is 11.6 Å². The van der Waals surface area contributed by atoms with Gasteiger partial charge in [0.15, 0.2) is 0 Å². The second-order valence-electron chi connectivity index (χ2n) is 8.29. The van der Waals surface area contributed by atoms with Gasteiger partial charge in [0, 0.05) is 35.7 Å². The van der Waals surface area contributed by atoms with Gasteiger partial charge in [0.25, 0.3) is 11.6 Å². The molecule has 0 saturated carbocycles. The third-order valence-corrected chi connectivity index (χ3v) is 6.44. The molecule has 2 aliphatic rings. The van der Waals surface area contributed by atoms with Gasteiger partial charge in [-0.05, 0) is 35.4 Å². The molecule has 0 bridgehead atoms. The molecule has 2 aromatic rings. The van der Waals surface area contributed by atoms with Gasteiger partial charge < -0.3 is 19.6 Å². The van der Waals surface area contributed by atoms with Crippen molar-refractivity contribution in [2.75, 3.05) is 39.4 Å². The van der Waals surface area contributed by atoms with Crippen molar-refractivity contribution in [2.24, 2.45) is 0 Å². The highest BCUT2D eigenvalue weighted by molar-refractivity contribution is 6.46. The minimum atomic E-state index is -0.913. The van der Waals surface area contributed by atoms with Crippen LogP contribution in [0.3, 0.4) is 0 Å². The molecule has 2 aliphatic heterocycles. The molecule has 2 heterocycles. The predicted octanol–water partition coefficient (Wildman–Crippen LogP) is 0.777. The number of Topliss-reactive ketones (excluding diaryl/α,β-unsaturated/α-hetero) is 1. The number of benzene rings is 2. The maximum Gasteiger partial charge on any atom is 0.295 e. The molecule has 1 unspecified atom stereocenters. The second kappa shape index (κ2) is 10.3. The summed E-state index contributed by atoms with van der Waals surface area (Å²) >= 11 is 5.92. The van der Waals surface area contributed by atoms with E-state index in [-0.39, 0.29) is 23.4 Å². The number of nitro groups is 1. The lowest BCUT2D eigenvalue weighted by Gasteiger charge is -2.29. The molecular formula is C24H24ClN3O6. The molecule has 10 heteroatoms. The molecule has 178 valence electrons. The van der Waals surface area contributed by atoms with Gasteiger partial charge in [0.2, 0.25) is 5.78 Å². The number of amides is 1. The van der Waals surface area contributed by atoms with Crippen molar-refractivity contribution in [3.63, 3.8) is 0 Å². The van der Waals surface area contributed by atoms with Crippen LogP contribution in [0.1, 0.15) is 23.6 Å². The summed E-state index contributed by atoms with van der Waals surface area (Å²) in [4.78, 5) is 39.3. The van der Waals surface area contributed by atoms with E-state index in [1.165, 1.54) is 46.2 Å². The number of nitrogens with one attached hydrogen (secondary N) is 1. The molecule has 1 amide bonds. The third-order valence-electron chi connectivity index (χ3n) is 6.18. The van der Waals surface area contributed by atoms with E-state index in [1.54, 1.807) is 12.1 Å². The average molecular weight is 486 g/mol. The number of ketones is 1. The molecule has 0 aliphatic carbocycles. The molecule has 2 aromatic carbocycles. The van der Waals surface area contributed by atoms with Crippen molar-refractivity contribution in [3.05, 3.63) is 80.4 Å². The summed E-state index contributed by atoms with van der Waals surface area (Å²) in [5.74, 6) is -2.14. The molecule has 0 radical (unpaired) electrons. The lowest BCUT2D eigenvalue weighted by Crippen LogP contribution is -3.14. The van der Waals surface area contributed by atoms with E-state index in [4.69, 9.17) is 16.3 Å². The highest BCUT2D eigenvalue weighted by Gasteiger charge is 2.44. The molecule has 9 nitrogen and oxygen atoms in total. The van der Waals surface area contributed by atoms with E-state index in [2.05, 4.69) is 0 Å². The average Bonchev–Trinajstić information content (AvgIpc) is 3.10. The number of rotatable bonds is 7. The highest BCUT2D eigenvalue weighted by atomic mass is 35.5. The zero-order valence-corrected chi connectivity index (χ0v) is 19.1. The first-order valence-electron chi connectivity index (χ1n) is 11.0. The van der Waals surface area contributed by atoms with E-state index in [9.17, 15) is 24.8 Å². The fourth-order valence-electron chi connectivity index (χ4n) is 4.39. The maximum atomic E-state index is 13.3. The number of carbonyl (C=O) groups is 2. The van der Waals surface area contributed by atoms with E-state index in [0.29, 0.717) is 30.2 Å². The van der Waals surface area contributed by atoms with Crippen molar-refractivity contribution in [3.8, 4) is 0 Å². The molecule has 1 N–H and O–H groups in total. The normalized spacial score (nSPS) is 20.6. The minimum absolute atomic E-state index is 0.118. The Labute approximate surface area is 201 Å². The first kappa shape index (κ1) is 23.9. The van der Waals surface area contributed by atoms with Crippen LogP contribution in [-0.4, -0.2) is 60.9 Å². The van der Waals surface area contributed by atoms with Gasteiger partial charge >= 0.3 is 0 Å². The lowest BCUT2D eigenvalue weighted by molar-refractivity contribution is -0.908. The Morgan fingerprint density at radius 2 is 1.74 bits per heavy atom.